The fourth-order valence-corrected chi connectivity index (χ4v) is 3.80. The highest BCUT2D eigenvalue weighted by Crippen LogP contribution is 2.30. The molecule has 0 radical (unpaired) electrons. The summed E-state index contributed by atoms with van der Waals surface area (Å²) >= 11 is 0. The average molecular weight is 465 g/mol. The van der Waals surface area contributed by atoms with Gasteiger partial charge in [0.25, 0.3) is 11.6 Å². The number of ether oxygens (including phenoxy) is 2. The Morgan fingerprint density at radius 2 is 1.94 bits per heavy atom. The molecule has 0 saturated carbocycles. The highest BCUT2D eigenvalue weighted by atomic mass is 16.6. The molecule has 34 heavy (non-hydrogen) atoms. The molecule has 1 aromatic heterocycles. The first-order valence-corrected chi connectivity index (χ1v) is 10.7. The van der Waals surface area contributed by atoms with Gasteiger partial charge in [0.1, 0.15) is 18.1 Å². The number of benzene rings is 2. The lowest BCUT2D eigenvalue weighted by molar-refractivity contribution is -0.384. The molecule has 176 valence electrons. The Balaban J connectivity index is 1.33. The molecule has 4 rings (SSSR count). The Kier molecular flexibility index (Phi) is 6.58. The van der Waals surface area contributed by atoms with E-state index in [9.17, 15) is 19.7 Å². The molecular weight excluding hydrogens is 442 g/mol. The number of aromatic nitrogens is 1. The van der Waals surface area contributed by atoms with Crippen molar-refractivity contribution in [2.24, 2.45) is 0 Å². The number of fused-ring (bicyclic) bond motifs is 1. The van der Waals surface area contributed by atoms with E-state index in [-0.39, 0.29) is 17.2 Å². The summed E-state index contributed by atoms with van der Waals surface area (Å²) in [5, 5.41) is 14.9. The standard InChI is InChI=1S/C24H23N3O7/c1-15-21(16(2)34-25-15)13-32-20-8-5-17(6-9-20)24(29)33-14-23(28)26-11-3-4-18-12-19(27(30)31)7-10-22(18)26/h5-10,12H,3-4,11,13-14H2,1-2H3. The third kappa shape index (κ3) is 4.90. The molecule has 0 spiro atoms. The quantitative estimate of drug-likeness (QED) is 0.292. The minimum atomic E-state index is -0.633. The number of aryl methyl sites for hydroxylation is 3. The second kappa shape index (κ2) is 9.74. The van der Waals surface area contributed by atoms with Crippen molar-refractivity contribution < 1.29 is 28.5 Å². The fourth-order valence-electron chi connectivity index (χ4n) is 3.80. The SMILES string of the molecule is Cc1noc(C)c1COc1ccc(C(=O)OCC(=O)N2CCCc3cc([N+](=O)[O-])ccc32)cc1. The van der Waals surface area contributed by atoms with E-state index in [4.69, 9.17) is 14.0 Å². The maximum absolute atomic E-state index is 12.7. The number of esters is 1. The molecule has 1 amide bonds. The van der Waals surface area contributed by atoms with Gasteiger partial charge in [-0.15, -0.1) is 0 Å². The van der Waals surface area contributed by atoms with E-state index >= 15 is 0 Å². The average Bonchev–Trinajstić information content (AvgIpc) is 3.17. The van der Waals surface area contributed by atoms with Crippen molar-refractivity contribution >= 4 is 23.3 Å². The molecule has 0 atom stereocenters. The number of nitrogens with zero attached hydrogens (tertiary/aromatic N) is 3. The van der Waals surface area contributed by atoms with Gasteiger partial charge >= 0.3 is 5.97 Å². The van der Waals surface area contributed by atoms with Crippen molar-refractivity contribution in [3.63, 3.8) is 0 Å². The van der Waals surface area contributed by atoms with Gasteiger partial charge in [0.15, 0.2) is 6.61 Å². The van der Waals surface area contributed by atoms with E-state index in [1.54, 1.807) is 30.3 Å². The molecular formula is C24H23N3O7. The van der Waals surface area contributed by atoms with Crippen molar-refractivity contribution in [2.45, 2.75) is 33.3 Å². The molecule has 2 aromatic carbocycles. The van der Waals surface area contributed by atoms with E-state index in [1.807, 2.05) is 13.8 Å². The van der Waals surface area contributed by atoms with Crippen LogP contribution >= 0.6 is 0 Å². The van der Waals surface area contributed by atoms with Crippen LogP contribution in [0, 0.1) is 24.0 Å². The number of rotatable bonds is 7. The van der Waals surface area contributed by atoms with Crippen molar-refractivity contribution in [3.8, 4) is 5.75 Å². The lowest BCUT2D eigenvalue weighted by Gasteiger charge is -2.29. The van der Waals surface area contributed by atoms with Crippen LogP contribution in [0.4, 0.5) is 11.4 Å². The van der Waals surface area contributed by atoms with Crippen LogP contribution in [0.5, 0.6) is 5.75 Å². The van der Waals surface area contributed by atoms with Crippen LogP contribution in [0.1, 0.15) is 39.4 Å². The van der Waals surface area contributed by atoms with Gasteiger partial charge in [-0.05, 0) is 62.6 Å². The van der Waals surface area contributed by atoms with Gasteiger partial charge in [0.2, 0.25) is 0 Å². The Labute approximate surface area is 195 Å². The molecule has 1 aliphatic rings. The van der Waals surface area contributed by atoms with Gasteiger partial charge in [0.05, 0.1) is 21.7 Å². The first-order valence-electron chi connectivity index (χ1n) is 10.7. The third-order valence-electron chi connectivity index (χ3n) is 5.67. The minimum absolute atomic E-state index is 0.0152. The summed E-state index contributed by atoms with van der Waals surface area (Å²) in [6.45, 7) is 3.96. The zero-order valence-electron chi connectivity index (χ0n) is 18.8. The smallest absolute Gasteiger partial charge is 0.338 e. The maximum Gasteiger partial charge on any atom is 0.338 e. The highest BCUT2D eigenvalue weighted by Gasteiger charge is 2.25. The Bertz CT molecular complexity index is 1210. The van der Waals surface area contributed by atoms with E-state index < -0.39 is 17.5 Å². The first kappa shape index (κ1) is 23.0. The van der Waals surface area contributed by atoms with Crippen molar-refractivity contribution in [2.75, 3.05) is 18.1 Å². The minimum Gasteiger partial charge on any atom is -0.489 e. The van der Waals surface area contributed by atoms with Crippen LogP contribution in [0.15, 0.2) is 47.0 Å². The number of hydrogen-bond acceptors (Lipinski definition) is 8. The molecule has 0 aliphatic carbocycles. The van der Waals surface area contributed by atoms with E-state index in [0.29, 0.717) is 43.2 Å². The van der Waals surface area contributed by atoms with E-state index in [2.05, 4.69) is 5.16 Å². The Hall–Kier alpha value is -4.21. The van der Waals surface area contributed by atoms with Gasteiger partial charge in [0, 0.05) is 24.4 Å². The molecule has 10 heteroatoms. The maximum atomic E-state index is 12.7. The number of carbonyl (C=O) groups excluding carboxylic acids is 2. The van der Waals surface area contributed by atoms with Crippen LogP contribution in [-0.2, 0) is 22.6 Å². The van der Waals surface area contributed by atoms with Gasteiger partial charge < -0.3 is 18.9 Å². The number of amides is 1. The normalized spacial score (nSPS) is 12.7. The largest absolute Gasteiger partial charge is 0.489 e. The molecule has 3 aromatic rings. The second-order valence-corrected chi connectivity index (χ2v) is 7.91. The van der Waals surface area contributed by atoms with Crippen LogP contribution in [-0.4, -0.2) is 35.1 Å². The molecule has 0 N–H and O–H groups in total. The predicted molar refractivity (Wildman–Crippen MR) is 121 cm³/mol. The summed E-state index contributed by atoms with van der Waals surface area (Å²) in [5.74, 6) is 0.234. The molecule has 1 aliphatic heterocycles. The summed E-state index contributed by atoms with van der Waals surface area (Å²) in [6, 6.07) is 10.8. The molecule has 0 bridgehead atoms. The zero-order chi connectivity index (χ0) is 24.2. The fraction of sp³-hybridized carbons (Fsp3) is 0.292. The van der Waals surface area contributed by atoms with Crippen LogP contribution in [0.3, 0.4) is 0 Å². The molecule has 0 fully saturated rings. The number of nitro benzene ring substituents is 1. The number of anilines is 1. The van der Waals surface area contributed by atoms with Gasteiger partial charge in [-0.1, -0.05) is 5.16 Å². The zero-order valence-corrected chi connectivity index (χ0v) is 18.8. The first-order chi connectivity index (χ1) is 16.3. The van der Waals surface area contributed by atoms with Crippen LogP contribution in [0.25, 0.3) is 0 Å². The Morgan fingerprint density at radius 1 is 1.18 bits per heavy atom. The molecule has 0 unspecified atom stereocenters. The van der Waals surface area contributed by atoms with Gasteiger partial charge in [-0.2, -0.15) is 0 Å². The van der Waals surface area contributed by atoms with Crippen LogP contribution < -0.4 is 9.64 Å². The summed E-state index contributed by atoms with van der Waals surface area (Å²) in [4.78, 5) is 37.2. The van der Waals surface area contributed by atoms with Gasteiger partial charge in [-0.3, -0.25) is 14.9 Å². The number of hydrogen-bond donors (Lipinski definition) is 0. The topological polar surface area (TPSA) is 125 Å². The summed E-state index contributed by atoms with van der Waals surface area (Å²) < 4.78 is 16.0. The van der Waals surface area contributed by atoms with E-state index in [0.717, 1.165) is 16.8 Å². The van der Waals surface area contributed by atoms with E-state index in [1.165, 1.54) is 17.0 Å². The number of non-ortho nitro benzene ring substituents is 1. The Morgan fingerprint density at radius 3 is 2.62 bits per heavy atom. The monoisotopic (exact) mass is 465 g/mol. The molecule has 10 nitrogen and oxygen atoms in total. The molecule has 2 heterocycles. The number of nitro groups is 1. The lowest BCUT2D eigenvalue weighted by Crippen LogP contribution is -2.38. The second-order valence-electron chi connectivity index (χ2n) is 7.91. The van der Waals surface area contributed by atoms with Crippen molar-refractivity contribution in [1.29, 1.82) is 0 Å². The van der Waals surface area contributed by atoms with Crippen molar-refractivity contribution in [3.05, 3.63) is 80.7 Å². The number of carbonyl (C=O) groups is 2. The molecule has 0 saturated heterocycles. The third-order valence-corrected chi connectivity index (χ3v) is 5.67. The van der Waals surface area contributed by atoms with Crippen LogP contribution in [0.2, 0.25) is 0 Å². The predicted octanol–water partition coefficient (Wildman–Crippen LogP) is 3.91. The van der Waals surface area contributed by atoms with Gasteiger partial charge in [-0.25, -0.2) is 4.79 Å². The summed E-state index contributed by atoms with van der Waals surface area (Å²) in [6.07, 6.45) is 1.31. The summed E-state index contributed by atoms with van der Waals surface area (Å²) in [7, 11) is 0. The lowest BCUT2D eigenvalue weighted by atomic mass is 10.0. The highest BCUT2D eigenvalue weighted by molar-refractivity contribution is 5.98. The summed E-state index contributed by atoms with van der Waals surface area (Å²) in [5.41, 5.74) is 3.24. The van der Waals surface area contributed by atoms with Crippen molar-refractivity contribution in [1.82, 2.24) is 5.16 Å².